The van der Waals surface area contributed by atoms with Crippen LogP contribution in [-0.2, 0) is 0 Å². The van der Waals surface area contributed by atoms with E-state index in [0.717, 1.165) is 34.0 Å². The Kier molecular flexibility index (Phi) is 7.13. The number of aliphatic imine (C=N–C) groups is 1. The number of nitrogens with zero attached hydrogens (tertiary/aromatic N) is 3. The summed E-state index contributed by atoms with van der Waals surface area (Å²) in [6.07, 6.45) is 5.42. The Hall–Kier alpha value is -3.38. The molecule has 3 aromatic rings. The van der Waals surface area contributed by atoms with Crippen molar-refractivity contribution < 1.29 is 4.92 Å². The molecule has 0 bridgehead atoms. The molecule has 0 N–H and O–H groups in total. The first-order valence-electron chi connectivity index (χ1n) is 11.9. The first kappa shape index (κ1) is 24.7. The van der Waals surface area contributed by atoms with Crippen molar-refractivity contribution >= 4 is 40.6 Å². The predicted octanol–water partition coefficient (Wildman–Crippen LogP) is 8.22. The maximum absolute atomic E-state index is 10.8. The lowest BCUT2D eigenvalue weighted by atomic mass is 9.87. The molecule has 35 heavy (non-hydrogen) atoms. The molecule has 0 atom stereocenters. The highest BCUT2D eigenvalue weighted by Crippen LogP contribution is 2.40. The maximum Gasteiger partial charge on any atom is 0.269 e. The molecule has 4 rings (SSSR count). The van der Waals surface area contributed by atoms with Gasteiger partial charge in [0, 0.05) is 45.9 Å². The Morgan fingerprint density at radius 3 is 2.26 bits per heavy atom. The van der Waals surface area contributed by atoms with Crippen LogP contribution in [-0.4, -0.2) is 23.2 Å². The van der Waals surface area contributed by atoms with Crippen molar-refractivity contribution in [3.63, 3.8) is 0 Å². The average molecular weight is 486 g/mol. The molecule has 0 fully saturated rings. The molecule has 0 amide bonds. The van der Waals surface area contributed by atoms with Gasteiger partial charge in [-0.15, -0.1) is 0 Å². The first-order valence-corrected chi connectivity index (χ1v) is 12.7. The highest BCUT2D eigenvalue weighted by atomic mass is 32.2. The zero-order valence-electron chi connectivity index (χ0n) is 20.9. The van der Waals surface area contributed by atoms with Gasteiger partial charge < -0.3 is 4.90 Å². The van der Waals surface area contributed by atoms with Crippen molar-refractivity contribution in [1.29, 1.82) is 0 Å². The molecule has 6 heteroatoms. The second-order valence-electron chi connectivity index (χ2n) is 9.46. The van der Waals surface area contributed by atoms with Gasteiger partial charge in [-0.05, 0) is 99.3 Å². The number of fused-ring (bicyclic) bond motifs is 1. The smallest absolute Gasteiger partial charge is 0.269 e. The first-order chi connectivity index (χ1) is 16.7. The number of nitro benzene ring substituents is 1. The summed E-state index contributed by atoms with van der Waals surface area (Å²) in [6.45, 7) is 12.2. The molecule has 0 radical (unpaired) electrons. The molecule has 1 aliphatic heterocycles. The van der Waals surface area contributed by atoms with E-state index in [2.05, 4.69) is 57.7 Å². The van der Waals surface area contributed by atoms with Crippen molar-refractivity contribution in [3.8, 4) is 0 Å². The third-order valence-corrected chi connectivity index (χ3v) is 7.30. The molecule has 0 saturated heterocycles. The lowest BCUT2D eigenvalue weighted by Gasteiger charge is -2.43. The minimum absolute atomic E-state index is 0.00334. The summed E-state index contributed by atoms with van der Waals surface area (Å²) < 4.78 is 0. The minimum Gasteiger partial charge on any atom is -0.362 e. The van der Waals surface area contributed by atoms with E-state index >= 15 is 0 Å². The molecule has 1 heterocycles. The normalized spacial score (nSPS) is 14.7. The van der Waals surface area contributed by atoms with Crippen LogP contribution in [0.5, 0.6) is 0 Å². The lowest BCUT2D eigenvalue weighted by molar-refractivity contribution is -0.384. The zero-order valence-corrected chi connectivity index (χ0v) is 21.7. The van der Waals surface area contributed by atoms with Gasteiger partial charge in [-0.25, -0.2) is 0 Å². The Labute approximate surface area is 211 Å². The second-order valence-corrected chi connectivity index (χ2v) is 10.6. The fraction of sp³-hybridized carbons (Fsp3) is 0.276. The SMILES string of the molecule is CCCN1c2cc(C)c(C=Nc3ccc(Sc4ccc([N+](=O)[O-])cc4)cc3)cc2C(C)=CC1(C)C. The summed E-state index contributed by atoms with van der Waals surface area (Å²) in [5.74, 6) is 0. The minimum atomic E-state index is -0.384. The number of hydrogen-bond acceptors (Lipinski definition) is 5. The molecule has 180 valence electrons. The fourth-order valence-electron chi connectivity index (χ4n) is 4.53. The quantitative estimate of drug-likeness (QED) is 0.192. The van der Waals surface area contributed by atoms with E-state index in [1.54, 1.807) is 23.9 Å². The van der Waals surface area contributed by atoms with Gasteiger partial charge in [-0.3, -0.25) is 15.1 Å². The van der Waals surface area contributed by atoms with Crippen molar-refractivity contribution in [1.82, 2.24) is 0 Å². The number of allylic oxidation sites excluding steroid dienone is 1. The van der Waals surface area contributed by atoms with E-state index in [0.29, 0.717) is 0 Å². The Bertz CT molecular complexity index is 1290. The number of nitro groups is 1. The van der Waals surface area contributed by atoms with Gasteiger partial charge in [0.2, 0.25) is 0 Å². The number of rotatable bonds is 7. The molecule has 5 nitrogen and oxygen atoms in total. The molecule has 0 saturated carbocycles. The summed E-state index contributed by atoms with van der Waals surface area (Å²) in [5.41, 5.74) is 7.21. The number of anilines is 1. The van der Waals surface area contributed by atoms with Crippen molar-refractivity contribution in [2.75, 3.05) is 11.4 Å². The zero-order chi connectivity index (χ0) is 25.2. The summed E-state index contributed by atoms with van der Waals surface area (Å²) in [5, 5.41) is 10.8. The number of aryl methyl sites for hydroxylation is 1. The van der Waals surface area contributed by atoms with Crippen LogP contribution in [0.1, 0.15) is 50.8 Å². The van der Waals surface area contributed by atoms with Gasteiger partial charge >= 0.3 is 0 Å². The Balaban J connectivity index is 1.52. The largest absolute Gasteiger partial charge is 0.362 e. The third-order valence-electron chi connectivity index (χ3n) is 6.29. The number of benzene rings is 3. The molecule has 0 spiro atoms. The van der Waals surface area contributed by atoms with Gasteiger partial charge in [0.05, 0.1) is 16.1 Å². The Morgan fingerprint density at radius 2 is 1.66 bits per heavy atom. The Morgan fingerprint density at radius 1 is 1.03 bits per heavy atom. The predicted molar refractivity (Wildman–Crippen MR) is 147 cm³/mol. The molecule has 0 aliphatic carbocycles. The molecule has 0 unspecified atom stereocenters. The summed E-state index contributed by atoms with van der Waals surface area (Å²) in [7, 11) is 0. The summed E-state index contributed by atoms with van der Waals surface area (Å²) >= 11 is 1.57. The van der Waals surface area contributed by atoms with Gasteiger partial charge in [0.25, 0.3) is 5.69 Å². The van der Waals surface area contributed by atoms with Gasteiger partial charge in [0.15, 0.2) is 0 Å². The van der Waals surface area contributed by atoms with Crippen LogP contribution in [0.2, 0.25) is 0 Å². The number of hydrogen-bond donors (Lipinski definition) is 0. The van der Waals surface area contributed by atoms with Crippen molar-refractivity contribution in [2.45, 2.75) is 56.4 Å². The van der Waals surface area contributed by atoms with Gasteiger partial charge in [-0.1, -0.05) is 24.8 Å². The van der Waals surface area contributed by atoms with Crippen LogP contribution in [0.4, 0.5) is 17.1 Å². The van der Waals surface area contributed by atoms with Crippen molar-refractivity contribution in [3.05, 3.63) is 93.5 Å². The maximum atomic E-state index is 10.8. The summed E-state index contributed by atoms with van der Waals surface area (Å²) in [4.78, 5) is 19.7. The second kappa shape index (κ2) is 10.1. The fourth-order valence-corrected chi connectivity index (χ4v) is 5.35. The van der Waals surface area contributed by atoms with E-state index in [9.17, 15) is 10.1 Å². The van der Waals surface area contributed by atoms with E-state index in [1.807, 2.05) is 30.5 Å². The molecular weight excluding hydrogens is 454 g/mol. The molecule has 0 aromatic heterocycles. The molecule has 1 aliphatic rings. The van der Waals surface area contributed by atoms with E-state index in [1.165, 1.54) is 34.5 Å². The summed E-state index contributed by atoms with van der Waals surface area (Å²) in [6, 6.07) is 19.2. The van der Waals surface area contributed by atoms with Crippen molar-refractivity contribution in [2.24, 2.45) is 4.99 Å². The third kappa shape index (κ3) is 5.49. The topological polar surface area (TPSA) is 58.7 Å². The average Bonchev–Trinajstić information content (AvgIpc) is 2.81. The van der Waals surface area contributed by atoms with Crippen LogP contribution in [0.25, 0.3) is 5.57 Å². The molecular formula is C29H31N3O2S. The van der Waals surface area contributed by atoms with E-state index < -0.39 is 0 Å². The van der Waals surface area contributed by atoms with Gasteiger partial charge in [-0.2, -0.15) is 0 Å². The van der Waals surface area contributed by atoms with Crippen LogP contribution >= 0.6 is 11.8 Å². The molecule has 3 aromatic carbocycles. The van der Waals surface area contributed by atoms with E-state index in [4.69, 9.17) is 4.99 Å². The highest BCUT2D eigenvalue weighted by molar-refractivity contribution is 7.99. The lowest BCUT2D eigenvalue weighted by Crippen LogP contribution is -2.45. The van der Waals surface area contributed by atoms with Crippen LogP contribution in [0, 0.1) is 17.0 Å². The van der Waals surface area contributed by atoms with Crippen LogP contribution in [0.3, 0.4) is 0 Å². The highest BCUT2D eigenvalue weighted by Gasteiger charge is 2.31. The van der Waals surface area contributed by atoms with Crippen LogP contribution in [0.15, 0.2) is 81.5 Å². The monoisotopic (exact) mass is 485 g/mol. The standard InChI is InChI=1S/C29H31N3O2S/c1-6-15-31-28-16-20(2)22(17-27(28)21(3)18-29(31,4)5)19-30-23-7-11-25(12-8-23)35-26-13-9-24(10-14-26)32(33)34/h7-14,16-19H,6,15H2,1-5H3. The van der Waals surface area contributed by atoms with Crippen LogP contribution < -0.4 is 4.90 Å². The van der Waals surface area contributed by atoms with E-state index in [-0.39, 0.29) is 16.1 Å². The van der Waals surface area contributed by atoms with Gasteiger partial charge in [0.1, 0.15) is 0 Å². The number of non-ortho nitro benzene ring substituents is 1.